The van der Waals surface area contributed by atoms with Gasteiger partial charge in [0.25, 0.3) is 5.91 Å². The van der Waals surface area contributed by atoms with Gasteiger partial charge in [-0.3, -0.25) is 14.5 Å². The maximum atomic E-state index is 13.0. The number of urea groups is 1. The van der Waals surface area contributed by atoms with Crippen molar-refractivity contribution in [2.45, 2.75) is 71.8 Å². The molecule has 0 bridgehead atoms. The minimum absolute atomic E-state index is 0.115. The van der Waals surface area contributed by atoms with E-state index in [1.165, 1.54) is 0 Å². The molecule has 1 spiro atoms. The van der Waals surface area contributed by atoms with Crippen LogP contribution in [0, 0.1) is 11.8 Å². The molecule has 4 amide bonds. The third-order valence-electron chi connectivity index (χ3n) is 6.16. The predicted octanol–water partition coefficient (Wildman–Crippen LogP) is 2.77. The summed E-state index contributed by atoms with van der Waals surface area (Å²) in [6.07, 6.45) is 5.67. The van der Waals surface area contributed by atoms with E-state index in [1.807, 2.05) is 13.8 Å². The first-order chi connectivity index (χ1) is 11.9. The van der Waals surface area contributed by atoms with Crippen molar-refractivity contribution in [1.29, 1.82) is 0 Å². The highest BCUT2D eigenvalue weighted by Crippen LogP contribution is 2.38. The first kappa shape index (κ1) is 19.7. The molecule has 1 heterocycles. The number of nitrogens with zero attached hydrogens (tertiary/aromatic N) is 2. The highest BCUT2D eigenvalue weighted by Gasteiger charge is 2.55. The van der Waals surface area contributed by atoms with E-state index in [4.69, 9.17) is 0 Å². The molecule has 2 unspecified atom stereocenters. The summed E-state index contributed by atoms with van der Waals surface area (Å²) < 4.78 is 0. The fraction of sp³-hybridized carbons (Fsp3) is 0.842. The van der Waals surface area contributed by atoms with Crippen LogP contribution >= 0.6 is 0 Å². The molecule has 2 atom stereocenters. The van der Waals surface area contributed by atoms with E-state index in [-0.39, 0.29) is 24.3 Å². The van der Waals surface area contributed by atoms with Gasteiger partial charge in [0.1, 0.15) is 12.1 Å². The Morgan fingerprint density at radius 3 is 2.52 bits per heavy atom. The van der Waals surface area contributed by atoms with Gasteiger partial charge in [0.15, 0.2) is 0 Å². The second kappa shape index (κ2) is 8.19. The average Bonchev–Trinajstić information content (AvgIpc) is 2.84. The van der Waals surface area contributed by atoms with Gasteiger partial charge in [-0.25, -0.2) is 4.79 Å². The van der Waals surface area contributed by atoms with E-state index in [9.17, 15) is 14.4 Å². The van der Waals surface area contributed by atoms with Gasteiger partial charge in [0, 0.05) is 13.1 Å². The minimum Gasteiger partial charge on any atom is -0.341 e. The van der Waals surface area contributed by atoms with E-state index in [0.29, 0.717) is 25.4 Å². The van der Waals surface area contributed by atoms with E-state index < -0.39 is 11.6 Å². The molecule has 1 saturated heterocycles. The zero-order valence-corrected chi connectivity index (χ0v) is 16.1. The molecule has 0 aromatic rings. The first-order valence-corrected chi connectivity index (χ1v) is 9.81. The number of nitrogens with one attached hydrogen (secondary N) is 1. The molecule has 0 radical (unpaired) electrons. The lowest BCUT2D eigenvalue weighted by molar-refractivity contribution is -0.140. The summed E-state index contributed by atoms with van der Waals surface area (Å²) in [6, 6.07) is -0.411. The number of carbonyl (C=O) groups is 3. The van der Waals surface area contributed by atoms with Gasteiger partial charge in [-0.2, -0.15) is 0 Å². The monoisotopic (exact) mass is 351 g/mol. The van der Waals surface area contributed by atoms with Gasteiger partial charge < -0.3 is 10.2 Å². The fourth-order valence-electron chi connectivity index (χ4n) is 4.14. The van der Waals surface area contributed by atoms with Crippen molar-refractivity contribution in [3.05, 3.63) is 0 Å². The Hall–Kier alpha value is -1.59. The Balaban J connectivity index is 2.07. The van der Waals surface area contributed by atoms with Crippen LogP contribution in [0.2, 0.25) is 0 Å². The molecular weight excluding hydrogens is 318 g/mol. The van der Waals surface area contributed by atoms with Crippen molar-refractivity contribution in [1.82, 2.24) is 15.1 Å². The maximum Gasteiger partial charge on any atom is 0.325 e. The standard InChI is InChI=1S/C19H33N3O3/c1-5-15(6-2)12-21(7-3)16(23)13-22-17(24)19(20-18(22)25)11-9-8-10-14(19)4/h14-15H,5-13H2,1-4H3,(H,20,25). The maximum absolute atomic E-state index is 13.0. The van der Waals surface area contributed by atoms with E-state index in [2.05, 4.69) is 19.2 Å². The van der Waals surface area contributed by atoms with Crippen LogP contribution in [0.25, 0.3) is 0 Å². The average molecular weight is 351 g/mol. The summed E-state index contributed by atoms with van der Waals surface area (Å²) in [5.41, 5.74) is -0.790. The van der Waals surface area contributed by atoms with Crippen molar-refractivity contribution in [3.63, 3.8) is 0 Å². The lowest BCUT2D eigenvalue weighted by Crippen LogP contribution is -2.54. The topological polar surface area (TPSA) is 69.7 Å². The van der Waals surface area contributed by atoms with E-state index >= 15 is 0 Å². The van der Waals surface area contributed by atoms with Crippen molar-refractivity contribution in [3.8, 4) is 0 Å². The normalized spacial score (nSPS) is 26.4. The lowest BCUT2D eigenvalue weighted by Gasteiger charge is -2.36. The molecule has 2 aliphatic rings. The number of rotatable bonds is 7. The van der Waals surface area contributed by atoms with Crippen molar-refractivity contribution < 1.29 is 14.4 Å². The summed E-state index contributed by atoms with van der Waals surface area (Å²) in [5, 5.41) is 2.91. The van der Waals surface area contributed by atoms with Gasteiger partial charge in [-0.05, 0) is 31.6 Å². The zero-order valence-electron chi connectivity index (χ0n) is 16.1. The van der Waals surface area contributed by atoms with Crippen molar-refractivity contribution in [2.75, 3.05) is 19.6 Å². The molecule has 1 N–H and O–H groups in total. The van der Waals surface area contributed by atoms with Crippen molar-refractivity contribution >= 4 is 17.8 Å². The van der Waals surface area contributed by atoms with Crippen LogP contribution in [-0.2, 0) is 9.59 Å². The summed E-state index contributed by atoms with van der Waals surface area (Å²) in [4.78, 5) is 41.0. The number of hydrogen-bond donors (Lipinski definition) is 1. The molecule has 6 heteroatoms. The first-order valence-electron chi connectivity index (χ1n) is 9.81. The van der Waals surface area contributed by atoms with Gasteiger partial charge in [0.2, 0.25) is 5.91 Å². The van der Waals surface area contributed by atoms with Crippen LogP contribution in [-0.4, -0.2) is 52.8 Å². The second-order valence-corrected chi connectivity index (χ2v) is 7.55. The SMILES string of the molecule is CCC(CC)CN(CC)C(=O)CN1C(=O)NC2(CCCCC2C)C1=O. The van der Waals surface area contributed by atoms with Crippen molar-refractivity contribution in [2.24, 2.45) is 11.8 Å². The Morgan fingerprint density at radius 1 is 1.28 bits per heavy atom. The highest BCUT2D eigenvalue weighted by atomic mass is 16.2. The van der Waals surface area contributed by atoms with Crippen LogP contribution in [0.5, 0.6) is 0 Å². The molecule has 0 aromatic heterocycles. The fourth-order valence-corrected chi connectivity index (χ4v) is 4.14. The Bertz CT molecular complexity index is 518. The number of hydrogen-bond acceptors (Lipinski definition) is 3. The molecule has 25 heavy (non-hydrogen) atoms. The molecule has 0 aromatic carbocycles. The Morgan fingerprint density at radius 2 is 1.96 bits per heavy atom. The third-order valence-corrected chi connectivity index (χ3v) is 6.16. The summed E-state index contributed by atoms with van der Waals surface area (Å²) in [5.74, 6) is 0.219. The van der Waals surface area contributed by atoms with Crippen LogP contribution in [0.3, 0.4) is 0 Å². The predicted molar refractivity (Wildman–Crippen MR) is 96.9 cm³/mol. The van der Waals surface area contributed by atoms with Gasteiger partial charge in [-0.1, -0.05) is 46.5 Å². The number of carbonyl (C=O) groups excluding carboxylic acids is 3. The van der Waals surface area contributed by atoms with Gasteiger partial charge in [-0.15, -0.1) is 0 Å². The lowest BCUT2D eigenvalue weighted by atomic mass is 9.73. The molecule has 6 nitrogen and oxygen atoms in total. The summed E-state index contributed by atoms with van der Waals surface area (Å²) in [6.45, 7) is 9.35. The smallest absolute Gasteiger partial charge is 0.325 e. The Labute approximate surface area is 151 Å². The number of likely N-dealkylation sites (N-methyl/N-ethyl adjacent to an activating group) is 1. The molecule has 2 fully saturated rings. The molecule has 142 valence electrons. The summed E-state index contributed by atoms with van der Waals surface area (Å²) in [7, 11) is 0. The second-order valence-electron chi connectivity index (χ2n) is 7.55. The summed E-state index contributed by atoms with van der Waals surface area (Å²) >= 11 is 0. The Kier molecular flexibility index (Phi) is 6.47. The van der Waals surface area contributed by atoms with Crippen LogP contribution in [0.1, 0.15) is 66.2 Å². The number of imide groups is 1. The minimum atomic E-state index is -0.790. The van der Waals surface area contributed by atoms with Crippen LogP contribution in [0.15, 0.2) is 0 Å². The van der Waals surface area contributed by atoms with Gasteiger partial charge in [0.05, 0.1) is 0 Å². The zero-order chi connectivity index (χ0) is 18.6. The van der Waals surface area contributed by atoms with Crippen LogP contribution in [0.4, 0.5) is 4.79 Å². The molecular formula is C19H33N3O3. The molecule has 1 aliphatic heterocycles. The highest BCUT2D eigenvalue weighted by molar-refractivity contribution is 6.09. The number of amides is 4. The molecule has 2 rings (SSSR count). The quantitative estimate of drug-likeness (QED) is 0.717. The van der Waals surface area contributed by atoms with E-state index in [1.54, 1.807) is 4.90 Å². The van der Waals surface area contributed by atoms with E-state index in [0.717, 1.165) is 37.0 Å². The molecule has 1 aliphatic carbocycles. The van der Waals surface area contributed by atoms with Gasteiger partial charge >= 0.3 is 6.03 Å². The molecule has 1 saturated carbocycles. The largest absolute Gasteiger partial charge is 0.341 e. The van der Waals surface area contributed by atoms with Crippen LogP contribution < -0.4 is 5.32 Å². The third kappa shape index (κ3) is 3.82.